The molecular weight excluding hydrogens is 220 g/mol. The van der Waals surface area contributed by atoms with Gasteiger partial charge in [-0.25, -0.2) is 18.2 Å². The molecule has 0 radical (unpaired) electrons. The zero-order valence-corrected chi connectivity index (χ0v) is 10.3. The number of hydroxylamine groups is 2. The zero-order valence-electron chi connectivity index (χ0n) is 9.48. The average Bonchev–Trinajstić information content (AvgIpc) is 2.14. The first-order chi connectivity index (χ1) is 6.84. The molecule has 1 N–H and O–H groups in total. The summed E-state index contributed by atoms with van der Waals surface area (Å²) in [5.41, 5.74) is 0. The molecule has 0 fully saturated rings. The maximum absolute atomic E-state index is 11.4. The minimum absolute atomic E-state index is 0.0152. The molecule has 0 saturated heterocycles. The smallest absolute Gasteiger partial charge is 0.263 e. The molecule has 90 valence electrons. The Balaban J connectivity index is 4.37. The average molecular weight is 238 g/mol. The Labute approximate surface area is 90.6 Å². The highest BCUT2D eigenvalue weighted by Gasteiger charge is 2.22. The standard InChI is InChI=1S/C8H18N2O4S/c1-5-6-15(12,13)9-7(2)8(11)10(3)14-4/h7,9H,5-6H2,1-4H3. The Kier molecular flexibility index (Phi) is 5.77. The van der Waals surface area contributed by atoms with Crippen LogP contribution in [0.4, 0.5) is 0 Å². The molecule has 1 atom stereocenters. The molecule has 15 heavy (non-hydrogen) atoms. The molecule has 0 rings (SSSR count). The van der Waals surface area contributed by atoms with E-state index in [9.17, 15) is 13.2 Å². The lowest BCUT2D eigenvalue weighted by molar-refractivity contribution is -0.170. The van der Waals surface area contributed by atoms with Gasteiger partial charge in [0.1, 0.15) is 0 Å². The normalized spacial score (nSPS) is 13.6. The predicted molar refractivity (Wildman–Crippen MR) is 56.5 cm³/mol. The molecule has 6 nitrogen and oxygen atoms in total. The van der Waals surface area contributed by atoms with Gasteiger partial charge in [0.15, 0.2) is 0 Å². The highest BCUT2D eigenvalue weighted by atomic mass is 32.2. The highest BCUT2D eigenvalue weighted by molar-refractivity contribution is 7.89. The molecule has 0 aromatic rings. The summed E-state index contributed by atoms with van der Waals surface area (Å²) >= 11 is 0. The largest absolute Gasteiger partial charge is 0.275 e. The van der Waals surface area contributed by atoms with E-state index in [4.69, 9.17) is 0 Å². The van der Waals surface area contributed by atoms with E-state index in [1.165, 1.54) is 21.1 Å². The summed E-state index contributed by atoms with van der Waals surface area (Å²) in [6, 6.07) is -0.813. The molecule has 0 aliphatic carbocycles. The Bertz CT molecular complexity index is 302. The monoisotopic (exact) mass is 238 g/mol. The topological polar surface area (TPSA) is 75.7 Å². The highest BCUT2D eigenvalue weighted by Crippen LogP contribution is 1.96. The molecule has 0 spiro atoms. The van der Waals surface area contributed by atoms with Crippen molar-refractivity contribution >= 4 is 15.9 Å². The molecule has 7 heteroatoms. The van der Waals surface area contributed by atoms with E-state index in [0.717, 1.165) is 5.06 Å². The quantitative estimate of drug-likeness (QED) is 0.646. The fraction of sp³-hybridized carbons (Fsp3) is 0.875. The van der Waals surface area contributed by atoms with Crippen LogP contribution in [0.2, 0.25) is 0 Å². The summed E-state index contributed by atoms with van der Waals surface area (Å²) in [4.78, 5) is 16.1. The van der Waals surface area contributed by atoms with Crippen molar-refractivity contribution in [2.75, 3.05) is 19.9 Å². The minimum atomic E-state index is -3.37. The summed E-state index contributed by atoms with van der Waals surface area (Å²) in [6.07, 6.45) is 0.510. The van der Waals surface area contributed by atoms with Gasteiger partial charge in [-0.3, -0.25) is 9.63 Å². The third-order valence-electron chi connectivity index (χ3n) is 1.78. The summed E-state index contributed by atoms with van der Waals surface area (Å²) in [6.45, 7) is 3.23. The van der Waals surface area contributed by atoms with Crippen LogP contribution in [0, 0.1) is 0 Å². The van der Waals surface area contributed by atoms with Gasteiger partial charge in [0, 0.05) is 7.05 Å². The van der Waals surface area contributed by atoms with E-state index in [0.29, 0.717) is 6.42 Å². The van der Waals surface area contributed by atoms with Crippen LogP contribution in [0.5, 0.6) is 0 Å². The molecule has 0 aromatic carbocycles. The second kappa shape index (κ2) is 6.04. The second-order valence-corrected chi connectivity index (χ2v) is 5.05. The number of amides is 1. The minimum Gasteiger partial charge on any atom is -0.275 e. The van der Waals surface area contributed by atoms with Gasteiger partial charge < -0.3 is 0 Å². The first-order valence-electron chi connectivity index (χ1n) is 4.65. The van der Waals surface area contributed by atoms with E-state index in [1.54, 1.807) is 6.92 Å². The molecule has 0 heterocycles. The maximum atomic E-state index is 11.4. The van der Waals surface area contributed by atoms with Gasteiger partial charge in [-0.1, -0.05) is 6.92 Å². The number of nitrogens with zero attached hydrogens (tertiary/aromatic N) is 1. The Morgan fingerprint density at radius 3 is 2.47 bits per heavy atom. The molecular formula is C8H18N2O4S. The number of likely N-dealkylation sites (N-methyl/N-ethyl adjacent to an activating group) is 1. The molecule has 0 aliphatic heterocycles. The van der Waals surface area contributed by atoms with E-state index >= 15 is 0 Å². The third-order valence-corrected chi connectivity index (χ3v) is 3.44. The van der Waals surface area contributed by atoms with Crippen LogP contribution in [-0.2, 0) is 19.7 Å². The van der Waals surface area contributed by atoms with Crippen molar-refractivity contribution in [1.82, 2.24) is 9.79 Å². The van der Waals surface area contributed by atoms with Gasteiger partial charge >= 0.3 is 0 Å². The predicted octanol–water partition coefficient (Wildman–Crippen LogP) is -0.276. The summed E-state index contributed by atoms with van der Waals surface area (Å²) in [5, 5.41) is 0.985. The van der Waals surface area contributed by atoms with Gasteiger partial charge in [0.05, 0.1) is 18.9 Å². The Morgan fingerprint density at radius 2 is 2.07 bits per heavy atom. The van der Waals surface area contributed by atoms with Crippen LogP contribution in [0.1, 0.15) is 20.3 Å². The second-order valence-electron chi connectivity index (χ2n) is 3.18. The Morgan fingerprint density at radius 1 is 1.53 bits per heavy atom. The number of hydrogen-bond donors (Lipinski definition) is 1. The van der Waals surface area contributed by atoms with E-state index in [2.05, 4.69) is 9.56 Å². The molecule has 1 amide bonds. The van der Waals surface area contributed by atoms with Crippen molar-refractivity contribution in [1.29, 1.82) is 0 Å². The van der Waals surface area contributed by atoms with Crippen LogP contribution in [-0.4, -0.2) is 45.3 Å². The van der Waals surface area contributed by atoms with Gasteiger partial charge in [-0.05, 0) is 13.3 Å². The summed E-state index contributed by atoms with van der Waals surface area (Å²) in [7, 11) is -0.609. The number of carbonyl (C=O) groups is 1. The van der Waals surface area contributed by atoms with Gasteiger partial charge in [0.2, 0.25) is 10.0 Å². The fourth-order valence-electron chi connectivity index (χ4n) is 1.01. The van der Waals surface area contributed by atoms with Crippen LogP contribution in [0.15, 0.2) is 0 Å². The lowest BCUT2D eigenvalue weighted by atomic mass is 10.3. The van der Waals surface area contributed by atoms with Gasteiger partial charge in [-0.15, -0.1) is 0 Å². The van der Waals surface area contributed by atoms with Crippen molar-refractivity contribution in [3.63, 3.8) is 0 Å². The lowest BCUT2D eigenvalue weighted by Gasteiger charge is -2.19. The van der Waals surface area contributed by atoms with Crippen LogP contribution in [0.25, 0.3) is 0 Å². The molecule has 0 aliphatic rings. The molecule has 0 bridgehead atoms. The number of carbonyl (C=O) groups excluding carboxylic acids is 1. The zero-order chi connectivity index (χ0) is 12.1. The Hall–Kier alpha value is -0.660. The number of hydrogen-bond acceptors (Lipinski definition) is 4. The van der Waals surface area contributed by atoms with Gasteiger partial charge in [0.25, 0.3) is 5.91 Å². The van der Waals surface area contributed by atoms with Crippen LogP contribution < -0.4 is 4.72 Å². The van der Waals surface area contributed by atoms with Crippen LogP contribution in [0.3, 0.4) is 0 Å². The first-order valence-corrected chi connectivity index (χ1v) is 6.31. The molecule has 0 saturated carbocycles. The van der Waals surface area contributed by atoms with E-state index < -0.39 is 22.0 Å². The number of sulfonamides is 1. The van der Waals surface area contributed by atoms with Crippen molar-refractivity contribution in [2.45, 2.75) is 26.3 Å². The van der Waals surface area contributed by atoms with Crippen molar-refractivity contribution in [2.24, 2.45) is 0 Å². The third kappa shape index (κ3) is 5.10. The first kappa shape index (κ1) is 14.3. The van der Waals surface area contributed by atoms with Crippen LogP contribution >= 0.6 is 0 Å². The fourth-order valence-corrected chi connectivity index (χ4v) is 2.30. The van der Waals surface area contributed by atoms with Crippen molar-refractivity contribution in [3.8, 4) is 0 Å². The van der Waals surface area contributed by atoms with Crippen molar-refractivity contribution < 1.29 is 18.0 Å². The summed E-state index contributed by atoms with van der Waals surface area (Å²) in [5.74, 6) is -0.418. The number of rotatable bonds is 6. The lowest BCUT2D eigenvalue weighted by Crippen LogP contribution is -2.45. The number of nitrogens with one attached hydrogen (secondary N) is 1. The van der Waals surface area contributed by atoms with Crippen molar-refractivity contribution in [3.05, 3.63) is 0 Å². The van der Waals surface area contributed by atoms with Gasteiger partial charge in [-0.2, -0.15) is 0 Å². The van der Waals surface area contributed by atoms with E-state index in [1.807, 2.05) is 0 Å². The van der Waals surface area contributed by atoms with E-state index in [-0.39, 0.29) is 5.75 Å². The maximum Gasteiger partial charge on any atom is 0.263 e. The summed E-state index contributed by atoms with van der Waals surface area (Å²) < 4.78 is 24.9. The molecule has 1 unspecified atom stereocenters. The SMILES string of the molecule is CCCS(=O)(=O)NC(C)C(=O)N(C)OC. The molecule has 0 aromatic heterocycles.